The Labute approximate surface area is 88.7 Å². The van der Waals surface area contributed by atoms with Crippen molar-refractivity contribution in [2.45, 2.75) is 19.3 Å². The summed E-state index contributed by atoms with van der Waals surface area (Å²) in [6.07, 6.45) is 0.0899. The number of methoxy groups -OCH3 is 1. The Balaban J connectivity index is 2.92. The maximum absolute atomic E-state index is 10.6. The Bertz CT molecular complexity index is 363. The number of anilines is 1. The molecule has 0 bridgehead atoms. The number of ether oxygens (including phenoxy) is 1. The van der Waals surface area contributed by atoms with Crippen molar-refractivity contribution in [3.63, 3.8) is 0 Å². The molecule has 0 aliphatic heterocycles. The molecule has 3 N–H and O–H groups in total. The van der Waals surface area contributed by atoms with E-state index in [1.54, 1.807) is 19.2 Å². The fourth-order valence-corrected chi connectivity index (χ4v) is 1.43. The molecule has 1 rings (SSSR count). The second kappa shape index (κ2) is 4.68. The third-order valence-electron chi connectivity index (χ3n) is 2.24. The minimum Gasteiger partial charge on any atom is -0.497 e. The fraction of sp³-hybridized carbons (Fsp3) is 0.364. The van der Waals surface area contributed by atoms with E-state index in [1.165, 1.54) is 0 Å². The van der Waals surface area contributed by atoms with Crippen LogP contribution in [0.15, 0.2) is 18.2 Å². The molecule has 0 spiro atoms. The number of hydrogen-bond acceptors (Lipinski definition) is 3. The van der Waals surface area contributed by atoms with Crippen molar-refractivity contribution in [2.24, 2.45) is 0 Å². The molecule has 0 radical (unpaired) electrons. The first-order valence-electron chi connectivity index (χ1n) is 4.69. The zero-order valence-corrected chi connectivity index (χ0v) is 8.86. The van der Waals surface area contributed by atoms with E-state index >= 15 is 0 Å². The maximum Gasteiger partial charge on any atom is 0.303 e. The lowest BCUT2D eigenvalue weighted by Gasteiger charge is -2.11. The molecular formula is C11H15NO3. The number of benzene rings is 1. The SMILES string of the molecule is COc1cc(N)cc(C(C)CC(=O)O)c1. The maximum atomic E-state index is 10.6. The third kappa shape index (κ3) is 3.16. The molecule has 0 aliphatic rings. The van der Waals surface area contributed by atoms with Gasteiger partial charge in [0.25, 0.3) is 0 Å². The fourth-order valence-electron chi connectivity index (χ4n) is 1.43. The van der Waals surface area contributed by atoms with Gasteiger partial charge in [-0.25, -0.2) is 0 Å². The first kappa shape index (κ1) is 11.4. The molecule has 0 heterocycles. The van der Waals surface area contributed by atoms with Gasteiger partial charge in [0.2, 0.25) is 0 Å². The molecule has 0 aromatic heterocycles. The van der Waals surface area contributed by atoms with E-state index in [0.29, 0.717) is 11.4 Å². The standard InChI is InChI=1S/C11H15NO3/c1-7(3-11(13)14)8-4-9(12)6-10(5-8)15-2/h4-7H,3,12H2,1-2H3,(H,13,14). The van der Waals surface area contributed by atoms with E-state index in [4.69, 9.17) is 15.6 Å². The summed E-state index contributed by atoms with van der Waals surface area (Å²) in [6, 6.07) is 5.29. The minimum atomic E-state index is -0.816. The molecule has 15 heavy (non-hydrogen) atoms. The molecule has 1 unspecified atom stereocenters. The largest absolute Gasteiger partial charge is 0.497 e. The van der Waals surface area contributed by atoms with Gasteiger partial charge in [0.1, 0.15) is 5.75 Å². The van der Waals surface area contributed by atoms with Crippen LogP contribution in [0, 0.1) is 0 Å². The number of nitrogen functional groups attached to an aromatic ring is 1. The minimum absolute atomic E-state index is 0.0695. The van der Waals surface area contributed by atoms with Crippen molar-refractivity contribution in [3.05, 3.63) is 23.8 Å². The number of aliphatic carboxylic acids is 1. The van der Waals surface area contributed by atoms with Gasteiger partial charge in [-0.15, -0.1) is 0 Å². The summed E-state index contributed by atoms with van der Waals surface area (Å²) in [5, 5.41) is 8.68. The highest BCUT2D eigenvalue weighted by molar-refractivity contribution is 5.68. The van der Waals surface area contributed by atoms with Crippen LogP contribution in [0.4, 0.5) is 5.69 Å². The Morgan fingerprint density at radius 3 is 2.73 bits per heavy atom. The Hall–Kier alpha value is -1.71. The molecule has 4 heteroatoms. The Kier molecular flexibility index (Phi) is 3.55. The smallest absolute Gasteiger partial charge is 0.303 e. The summed E-state index contributed by atoms with van der Waals surface area (Å²) in [5.74, 6) is -0.231. The van der Waals surface area contributed by atoms with Crippen LogP contribution in [0.5, 0.6) is 5.75 Å². The molecule has 0 fully saturated rings. The lowest BCUT2D eigenvalue weighted by molar-refractivity contribution is -0.137. The van der Waals surface area contributed by atoms with E-state index in [0.717, 1.165) is 5.56 Å². The van der Waals surface area contributed by atoms with Crippen LogP contribution < -0.4 is 10.5 Å². The van der Waals surface area contributed by atoms with Crippen molar-refractivity contribution < 1.29 is 14.6 Å². The first-order chi connectivity index (χ1) is 7.02. The van der Waals surface area contributed by atoms with E-state index in [2.05, 4.69) is 0 Å². The van der Waals surface area contributed by atoms with Crippen LogP contribution in [0.3, 0.4) is 0 Å². The van der Waals surface area contributed by atoms with Gasteiger partial charge in [0.15, 0.2) is 0 Å². The van der Waals surface area contributed by atoms with Crippen LogP contribution in [-0.2, 0) is 4.79 Å². The number of carbonyl (C=O) groups is 1. The number of nitrogens with two attached hydrogens (primary N) is 1. The average molecular weight is 209 g/mol. The summed E-state index contributed by atoms with van der Waals surface area (Å²) >= 11 is 0. The van der Waals surface area contributed by atoms with Gasteiger partial charge in [-0.1, -0.05) is 6.92 Å². The van der Waals surface area contributed by atoms with Crippen molar-refractivity contribution in [1.82, 2.24) is 0 Å². The van der Waals surface area contributed by atoms with Crippen molar-refractivity contribution in [1.29, 1.82) is 0 Å². The van der Waals surface area contributed by atoms with E-state index in [1.807, 2.05) is 13.0 Å². The van der Waals surface area contributed by atoms with Crippen LogP contribution in [0.1, 0.15) is 24.8 Å². The molecule has 0 saturated heterocycles. The lowest BCUT2D eigenvalue weighted by atomic mass is 9.97. The number of rotatable bonds is 4. The molecule has 4 nitrogen and oxygen atoms in total. The average Bonchev–Trinajstić information content (AvgIpc) is 2.15. The highest BCUT2D eigenvalue weighted by atomic mass is 16.5. The predicted octanol–water partition coefficient (Wildman–Crippen LogP) is 1.86. The Morgan fingerprint density at radius 2 is 2.20 bits per heavy atom. The zero-order chi connectivity index (χ0) is 11.4. The second-order valence-corrected chi connectivity index (χ2v) is 3.54. The lowest BCUT2D eigenvalue weighted by Crippen LogP contribution is -2.03. The van der Waals surface area contributed by atoms with E-state index < -0.39 is 5.97 Å². The van der Waals surface area contributed by atoms with Crippen LogP contribution in [0.2, 0.25) is 0 Å². The van der Waals surface area contributed by atoms with Crippen molar-refractivity contribution in [2.75, 3.05) is 12.8 Å². The van der Waals surface area contributed by atoms with Gasteiger partial charge >= 0.3 is 5.97 Å². The predicted molar refractivity (Wildman–Crippen MR) is 58.1 cm³/mol. The summed E-state index contributed by atoms with van der Waals surface area (Å²) in [6.45, 7) is 1.85. The molecule has 1 aromatic carbocycles. The number of hydrogen-bond donors (Lipinski definition) is 2. The van der Waals surface area contributed by atoms with Crippen molar-refractivity contribution in [3.8, 4) is 5.75 Å². The van der Waals surface area contributed by atoms with E-state index in [-0.39, 0.29) is 12.3 Å². The number of carboxylic acids is 1. The molecule has 0 saturated carbocycles. The van der Waals surface area contributed by atoms with Crippen LogP contribution in [-0.4, -0.2) is 18.2 Å². The monoisotopic (exact) mass is 209 g/mol. The normalized spacial score (nSPS) is 12.1. The molecule has 1 aromatic rings. The summed E-state index contributed by atoms with van der Waals surface area (Å²) in [5.41, 5.74) is 7.14. The first-order valence-corrected chi connectivity index (χ1v) is 4.69. The van der Waals surface area contributed by atoms with Gasteiger partial charge in [-0.2, -0.15) is 0 Å². The number of carboxylic acid groups (broad SMARTS) is 1. The molecule has 82 valence electrons. The highest BCUT2D eigenvalue weighted by Gasteiger charge is 2.11. The van der Waals surface area contributed by atoms with Gasteiger partial charge in [-0.3, -0.25) is 4.79 Å². The van der Waals surface area contributed by atoms with E-state index in [9.17, 15) is 4.79 Å². The zero-order valence-electron chi connectivity index (χ0n) is 8.86. The summed E-state index contributed by atoms with van der Waals surface area (Å²) < 4.78 is 5.06. The van der Waals surface area contributed by atoms with Crippen LogP contribution >= 0.6 is 0 Å². The highest BCUT2D eigenvalue weighted by Crippen LogP contribution is 2.26. The molecule has 1 atom stereocenters. The molecule has 0 amide bonds. The third-order valence-corrected chi connectivity index (χ3v) is 2.24. The van der Waals surface area contributed by atoms with Crippen LogP contribution in [0.25, 0.3) is 0 Å². The summed E-state index contributed by atoms with van der Waals surface area (Å²) in [4.78, 5) is 10.6. The van der Waals surface area contributed by atoms with Gasteiger partial charge < -0.3 is 15.6 Å². The molecule has 0 aliphatic carbocycles. The summed E-state index contributed by atoms with van der Waals surface area (Å²) in [7, 11) is 1.56. The quantitative estimate of drug-likeness (QED) is 0.742. The van der Waals surface area contributed by atoms with Gasteiger partial charge in [0, 0.05) is 11.8 Å². The second-order valence-electron chi connectivity index (χ2n) is 3.54. The van der Waals surface area contributed by atoms with Gasteiger partial charge in [0.05, 0.1) is 13.5 Å². The Morgan fingerprint density at radius 1 is 1.53 bits per heavy atom. The van der Waals surface area contributed by atoms with Crippen molar-refractivity contribution >= 4 is 11.7 Å². The topological polar surface area (TPSA) is 72.5 Å². The van der Waals surface area contributed by atoms with Gasteiger partial charge in [-0.05, 0) is 23.6 Å². The molecular weight excluding hydrogens is 194 g/mol.